The second-order valence-corrected chi connectivity index (χ2v) is 5.87. The molecule has 1 saturated carbocycles. The summed E-state index contributed by atoms with van der Waals surface area (Å²) in [4.78, 5) is 0. The van der Waals surface area contributed by atoms with Crippen LogP contribution in [0.5, 0.6) is 0 Å². The van der Waals surface area contributed by atoms with Gasteiger partial charge in [-0.05, 0) is 58.9 Å². The summed E-state index contributed by atoms with van der Waals surface area (Å²) in [5.74, 6) is 1.93. The lowest BCUT2D eigenvalue weighted by Crippen LogP contribution is -2.56. The van der Waals surface area contributed by atoms with Gasteiger partial charge in [-0.15, -0.1) is 0 Å². The standard InChI is InChI=1S/C14H10/c1-6-2-8-11-5-14(6)4-10-7(1)13(8)9(10)3-12(11)14/h2-3,7,10H,1,4-5H2. The number of rotatable bonds is 0. The van der Waals surface area contributed by atoms with Gasteiger partial charge in [0.1, 0.15) is 0 Å². The molecule has 1 fully saturated rings. The van der Waals surface area contributed by atoms with E-state index in [4.69, 9.17) is 0 Å². The molecule has 14 heavy (non-hydrogen) atoms. The molecular weight excluding hydrogens is 168 g/mol. The zero-order valence-electron chi connectivity index (χ0n) is 7.93. The van der Waals surface area contributed by atoms with Gasteiger partial charge in [0, 0.05) is 5.41 Å². The smallest absolute Gasteiger partial charge is 0.0215 e. The van der Waals surface area contributed by atoms with Gasteiger partial charge in [0.15, 0.2) is 0 Å². The molecule has 7 aliphatic carbocycles. The highest BCUT2D eigenvalue weighted by Gasteiger charge is 2.63. The summed E-state index contributed by atoms with van der Waals surface area (Å²) in [6.07, 6.45) is 6.85. The Labute approximate surface area is 82.6 Å². The van der Waals surface area contributed by atoms with Crippen molar-refractivity contribution in [2.45, 2.75) is 36.5 Å². The highest BCUT2D eigenvalue weighted by atomic mass is 14.7. The first kappa shape index (κ1) is 5.75. The van der Waals surface area contributed by atoms with Crippen molar-refractivity contribution in [3.8, 4) is 0 Å². The van der Waals surface area contributed by atoms with E-state index in [0.29, 0.717) is 5.41 Å². The Bertz CT molecular complexity index is 591. The van der Waals surface area contributed by atoms with Crippen LogP contribution in [0.4, 0.5) is 0 Å². The summed E-state index contributed by atoms with van der Waals surface area (Å²) >= 11 is 0. The van der Waals surface area contributed by atoms with Crippen molar-refractivity contribution in [2.24, 2.45) is 0 Å². The molecule has 8 bridgehead atoms. The second kappa shape index (κ2) is 1.25. The molecule has 0 heterocycles. The highest BCUT2D eigenvalue weighted by molar-refractivity contribution is 5.84. The Balaban J connectivity index is 2.06. The van der Waals surface area contributed by atoms with E-state index < -0.39 is 0 Å². The average Bonchev–Trinajstić information content (AvgIpc) is 2.13. The molecule has 66 valence electrons. The fourth-order valence-corrected chi connectivity index (χ4v) is 5.17. The molecule has 0 heteroatoms. The van der Waals surface area contributed by atoms with E-state index in [-0.39, 0.29) is 0 Å². The molecule has 7 aliphatic rings. The third-order valence-electron chi connectivity index (χ3n) is 5.74. The lowest BCUT2D eigenvalue weighted by molar-refractivity contribution is 0.228. The van der Waals surface area contributed by atoms with Gasteiger partial charge in [0.2, 0.25) is 0 Å². The molecule has 0 saturated heterocycles. The molecule has 0 nitrogen and oxygen atoms in total. The van der Waals surface area contributed by atoms with Gasteiger partial charge in [0.25, 0.3) is 0 Å². The van der Waals surface area contributed by atoms with Gasteiger partial charge in [0.05, 0.1) is 0 Å². The van der Waals surface area contributed by atoms with E-state index in [1.807, 2.05) is 0 Å². The summed E-state index contributed by atoms with van der Waals surface area (Å²) in [7, 11) is 0. The molecule has 1 aromatic rings. The normalized spacial score (nSPS) is 45.0. The maximum Gasteiger partial charge on any atom is 0.0215 e. The van der Waals surface area contributed by atoms with Crippen LogP contribution < -0.4 is 0 Å². The lowest BCUT2D eigenvalue weighted by atomic mass is 9.37. The van der Waals surface area contributed by atoms with Crippen molar-refractivity contribution >= 4 is 6.08 Å². The zero-order valence-corrected chi connectivity index (χ0v) is 7.93. The number of benzene rings is 1. The summed E-state index contributed by atoms with van der Waals surface area (Å²) in [6.45, 7) is 0. The molecule has 0 N–H and O–H groups in total. The predicted octanol–water partition coefficient (Wildman–Crippen LogP) is 2.87. The van der Waals surface area contributed by atoms with Gasteiger partial charge >= 0.3 is 0 Å². The molecule has 3 unspecified atom stereocenters. The first-order valence-corrected chi connectivity index (χ1v) is 5.80. The molecule has 8 rings (SSSR count). The Morgan fingerprint density at radius 1 is 1.29 bits per heavy atom. The Kier molecular flexibility index (Phi) is 0.511. The van der Waals surface area contributed by atoms with Gasteiger partial charge in [-0.25, -0.2) is 0 Å². The number of hydrogen-bond acceptors (Lipinski definition) is 0. The van der Waals surface area contributed by atoms with E-state index in [2.05, 4.69) is 12.1 Å². The second-order valence-electron chi connectivity index (χ2n) is 5.87. The maximum absolute atomic E-state index is 2.56. The van der Waals surface area contributed by atoms with Crippen LogP contribution in [0, 0.1) is 0 Å². The van der Waals surface area contributed by atoms with E-state index in [9.17, 15) is 0 Å². The van der Waals surface area contributed by atoms with E-state index in [0.717, 1.165) is 11.8 Å². The fourth-order valence-electron chi connectivity index (χ4n) is 5.17. The van der Waals surface area contributed by atoms with Crippen LogP contribution in [0.1, 0.15) is 52.5 Å². The molecule has 1 aromatic carbocycles. The first-order valence-electron chi connectivity index (χ1n) is 5.80. The third-order valence-corrected chi connectivity index (χ3v) is 5.74. The lowest BCUT2D eigenvalue weighted by Gasteiger charge is -2.66. The van der Waals surface area contributed by atoms with Gasteiger partial charge in [-0.1, -0.05) is 17.7 Å². The summed E-state index contributed by atoms with van der Waals surface area (Å²) < 4.78 is 0. The van der Waals surface area contributed by atoms with Crippen LogP contribution in [0.15, 0.2) is 11.6 Å². The van der Waals surface area contributed by atoms with Crippen molar-refractivity contribution in [2.75, 3.05) is 0 Å². The van der Waals surface area contributed by atoms with Gasteiger partial charge in [-0.3, -0.25) is 0 Å². The van der Waals surface area contributed by atoms with Crippen LogP contribution in [0.3, 0.4) is 0 Å². The number of allylic oxidation sites excluding steroid dienone is 1. The average molecular weight is 178 g/mol. The molecule has 0 amide bonds. The summed E-state index contributed by atoms with van der Waals surface area (Å²) in [5.41, 5.74) is 11.1. The fraction of sp³-hybridized carbons (Fsp3) is 0.429. The molecule has 0 aromatic heterocycles. The predicted molar refractivity (Wildman–Crippen MR) is 54.5 cm³/mol. The van der Waals surface area contributed by atoms with E-state index >= 15 is 0 Å². The van der Waals surface area contributed by atoms with Crippen LogP contribution in [-0.2, 0) is 11.8 Å². The highest BCUT2D eigenvalue weighted by Crippen LogP contribution is 2.74. The Hall–Kier alpha value is -1.04. The van der Waals surface area contributed by atoms with Gasteiger partial charge < -0.3 is 0 Å². The van der Waals surface area contributed by atoms with Crippen LogP contribution in [-0.4, -0.2) is 0 Å². The van der Waals surface area contributed by atoms with Crippen LogP contribution >= 0.6 is 0 Å². The molecule has 1 spiro atoms. The van der Waals surface area contributed by atoms with Crippen molar-refractivity contribution < 1.29 is 0 Å². The number of hydrogen-bond donors (Lipinski definition) is 0. The molecule has 3 atom stereocenters. The van der Waals surface area contributed by atoms with E-state index in [1.165, 1.54) is 19.3 Å². The molecule has 0 radical (unpaired) electrons. The van der Waals surface area contributed by atoms with Crippen molar-refractivity contribution in [3.05, 3.63) is 39.5 Å². The molecular formula is C14H10. The minimum absolute atomic E-state index is 0.593. The zero-order chi connectivity index (χ0) is 8.65. The summed E-state index contributed by atoms with van der Waals surface area (Å²) in [5, 5.41) is 0. The maximum atomic E-state index is 2.56. The monoisotopic (exact) mass is 178 g/mol. The van der Waals surface area contributed by atoms with Crippen LogP contribution in [0.2, 0.25) is 0 Å². The van der Waals surface area contributed by atoms with E-state index in [1.54, 1.807) is 33.4 Å². The topological polar surface area (TPSA) is 0 Å². The van der Waals surface area contributed by atoms with Crippen molar-refractivity contribution in [1.82, 2.24) is 0 Å². The Morgan fingerprint density at radius 2 is 2.29 bits per heavy atom. The SMILES string of the molecule is C1=C2CC3c4c5cc6c(c41)CC26CC53. The molecule has 0 aliphatic heterocycles. The minimum Gasteiger partial charge on any atom is -0.0580 e. The van der Waals surface area contributed by atoms with Gasteiger partial charge in [-0.2, -0.15) is 0 Å². The Morgan fingerprint density at radius 3 is 3.29 bits per heavy atom. The third kappa shape index (κ3) is 0.293. The first-order chi connectivity index (χ1) is 6.88. The van der Waals surface area contributed by atoms with Crippen molar-refractivity contribution in [3.63, 3.8) is 0 Å². The largest absolute Gasteiger partial charge is 0.0580 e. The minimum atomic E-state index is 0.593. The summed E-state index contributed by atoms with van der Waals surface area (Å²) in [6, 6.07) is 2.56. The van der Waals surface area contributed by atoms with Crippen molar-refractivity contribution in [1.29, 1.82) is 0 Å². The quantitative estimate of drug-likeness (QED) is 0.573. The van der Waals surface area contributed by atoms with Crippen LogP contribution in [0.25, 0.3) is 6.08 Å².